The molecule has 2 aliphatic rings. The summed E-state index contributed by atoms with van der Waals surface area (Å²) in [5, 5.41) is 0. The van der Waals surface area contributed by atoms with Gasteiger partial charge in [-0.05, 0) is 62.1 Å². The van der Waals surface area contributed by atoms with Crippen LogP contribution in [-0.2, 0) is 4.74 Å². The molecular formula is C25H23N5O3. The summed E-state index contributed by atoms with van der Waals surface area (Å²) in [4.78, 5) is 30.8. The maximum absolute atomic E-state index is 12.5. The molecule has 33 heavy (non-hydrogen) atoms. The monoisotopic (exact) mass is 441 g/mol. The largest absolute Gasteiger partial charge is 0.456 e. The number of ether oxygens (including phenoxy) is 2. The minimum absolute atomic E-state index is 0.299. The molecule has 4 heterocycles. The third-order valence-electron chi connectivity index (χ3n) is 6.52. The molecule has 0 bridgehead atoms. The van der Waals surface area contributed by atoms with E-state index < -0.39 is 5.60 Å². The summed E-state index contributed by atoms with van der Waals surface area (Å²) in [5.74, 6) is 3.35. The number of aromatic amines is 1. The van der Waals surface area contributed by atoms with Gasteiger partial charge in [0, 0.05) is 24.4 Å². The molecule has 1 amide bonds. The third-order valence-corrected chi connectivity index (χ3v) is 6.52. The van der Waals surface area contributed by atoms with E-state index in [0.717, 1.165) is 48.3 Å². The zero-order valence-electron chi connectivity index (χ0n) is 18.0. The average Bonchev–Trinajstić information content (AvgIpc) is 3.41. The van der Waals surface area contributed by atoms with Gasteiger partial charge in [0.15, 0.2) is 0 Å². The second-order valence-electron chi connectivity index (χ2n) is 8.69. The van der Waals surface area contributed by atoms with Crippen molar-refractivity contribution in [2.45, 2.75) is 37.2 Å². The van der Waals surface area contributed by atoms with Crippen molar-refractivity contribution in [1.82, 2.24) is 19.9 Å². The Morgan fingerprint density at radius 3 is 2.76 bits per heavy atom. The Bertz CT molecular complexity index is 1280. The number of benzene rings is 1. The molecule has 0 unspecified atom stereocenters. The summed E-state index contributed by atoms with van der Waals surface area (Å²) in [6.45, 7) is 0.546. The number of hydrogen-bond acceptors (Lipinski definition) is 6. The van der Waals surface area contributed by atoms with Gasteiger partial charge in [-0.1, -0.05) is 6.07 Å². The number of carbonyl (C=O) groups excluding carboxylic acids is 1. The molecule has 1 aromatic carbocycles. The lowest BCUT2D eigenvalue weighted by atomic mass is 9.78. The lowest BCUT2D eigenvalue weighted by Crippen LogP contribution is -2.38. The van der Waals surface area contributed by atoms with Crippen LogP contribution in [-0.4, -0.2) is 38.2 Å². The number of anilines is 1. The van der Waals surface area contributed by atoms with Crippen molar-refractivity contribution in [3.63, 3.8) is 0 Å². The highest BCUT2D eigenvalue weighted by Gasteiger charge is 2.48. The number of nitrogens with zero attached hydrogens (tertiary/aromatic N) is 4. The van der Waals surface area contributed by atoms with Crippen LogP contribution in [0.15, 0.2) is 67.1 Å². The Hall–Kier alpha value is -3.94. The van der Waals surface area contributed by atoms with Crippen molar-refractivity contribution < 1.29 is 14.3 Å². The first-order valence-corrected chi connectivity index (χ1v) is 11.2. The number of amides is 1. The highest BCUT2D eigenvalue weighted by Crippen LogP contribution is 2.43. The van der Waals surface area contributed by atoms with E-state index in [9.17, 15) is 4.79 Å². The number of aromatic nitrogens is 4. The van der Waals surface area contributed by atoms with Crippen LogP contribution in [0.5, 0.6) is 11.5 Å². The van der Waals surface area contributed by atoms with Crippen LogP contribution in [0.25, 0.3) is 11.0 Å². The van der Waals surface area contributed by atoms with Crippen LogP contribution in [0.1, 0.15) is 37.4 Å². The molecule has 1 spiro atoms. The molecule has 3 aromatic heterocycles. The molecule has 1 saturated heterocycles. The van der Waals surface area contributed by atoms with Crippen molar-refractivity contribution >= 4 is 22.9 Å². The lowest BCUT2D eigenvalue weighted by Gasteiger charge is -2.34. The van der Waals surface area contributed by atoms with Crippen LogP contribution in [0.4, 0.5) is 10.6 Å². The maximum Gasteiger partial charge on any atom is 0.416 e. The summed E-state index contributed by atoms with van der Waals surface area (Å²) < 4.78 is 11.8. The number of carbonyl (C=O) groups is 1. The Labute approximate surface area is 190 Å². The molecule has 2 fully saturated rings. The van der Waals surface area contributed by atoms with Crippen molar-refractivity contribution in [3.8, 4) is 11.5 Å². The number of pyridine rings is 2. The van der Waals surface area contributed by atoms with Crippen LogP contribution in [0.2, 0.25) is 0 Å². The number of H-pyrrole nitrogens is 1. The molecular weight excluding hydrogens is 418 g/mol. The summed E-state index contributed by atoms with van der Waals surface area (Å²) in [6, 6.07) is 15.1. The number of imidazole rings is 1. The van der Waals surface area contributed by atoms with Gasteiger partial charge in [-0.2, -0.15) is 0 Å². The molecule has 1 aliphatic heterocycles. The van der Waals surface area contributed by atoms with E-state index in [4.69, 9.17) is 14.5 Å². The fourth-order valence-corrected chi connectivity index (χ4v) is 4.80. The topological polar surface area (TPSA) is 93.2 Å². The van der Waals surface area contributed by atoms with E-state index >= 15 is 0 Å². The Morgan fingerprint density at radius 1 is 1.06 bits per heavy atom. The summed E-state index contributed by atoms with van der Waals surface area (Å²) in [6.07, 6.45) is 8.21. The molecule has 0 radical (unpaired) electrons. The minimum Gasteiger partial charge on any atom is -0.456 e. The summed E-state index contributed by atoms with van der Waals surface area (Å²) in [7, 11) is 0. The first-order chi connectivity index (χ1) is 16.2. The number of nitrogens with one attached hydrogen (secondary N) is 1. The first-order valence-electron chi connectivity index (χ1n) is 11.2. The van der Waals surface area contributed by atoms with E-state index in [1.54, 1.807) is 23.5 Å². The van der Waals surface area contributed by atoms with Crippen LogP contribution >= 0.6 is 0 Å². The second kappa shape index (κ2) is 7.88. The van der Waals surface area contributed by atoms with Crippen LogP contribution < -0.4 is 9.64 Å². The fraction of sp³-hybridized carbons (Fsp3) is 0.280. The Morgan fingerprint density at radius 2 is 1.97 bits per heavy atom. The normalized spacial score (nSPS) is 22.6. The van der Waals surface area contributed by atoms with E-state index in [0.29, 0.717) is 24.0 Å². The molecule has 166 valence electrons. The summed E-state index contributed by atoms with van der Waals surface area (Å²) in [5.41, 5.74) is 1.42. The van der Waals surface area contributed by atoms with Crippen molar-refractivity contribution in [2.75, 3.05) is 11.4 Å². The molecule has 8 heteroatoms. The van der Waals surface area contributed by atoms with Gasteiger partial charge in [-0.3, -0.25) is 9.88 Å². The van der Waals surface area contributed by atoms with Gasteiger partial charge in [0.2, 0.25) is 0 Å². The Balaban J connectivity index is 1.15. The molecule has 1 aliphatic carbocycles. The lowest BCUT2D eigenvalue weighted by molar-refractivity contribution is 0.0208. The van der Waals surface area contributed by atoms with Gasteiger partial charge in [-0.25, -0.2) is 14.8 Å². The van der Waals surface area contributed by atoms with E-state index in [-0.39, 0.29) is 6.09 Å². The van der Waals surface area contributed by atoms with Gasteiger partial charge < -0.3 is 14.5 Å². The van der Waals surface area contributed by atoms with E-state index in [1.165, 1.54) is 0 Å². The zero-order valence-corrected chi connectivity index (χ0v) is 18.0. The SMILES string of the molecule is O=C1OC2(CCC(c3nc4ccc(Oc5cccnc5)cc4[nH]3)CC2)CN1c1ccccn1. The molecule has 4 aromatic rings. The van der Waals surface area contributed by atoms with E-state index in [1.807, 2.05) is 48.5 Å². The quantitative estimate of drug-likeness (QED) is 0.468. The van der Waals surface area contributed by atoms with E-state index in [2.05, 4.69) is 15.0 Å². The number of hydrogen-bond donors (Lipinski definition) is 1. The number of rotatable bonds is 4. The van der Waals surface area contributed by atoms with Crippen LogP contribution in [0.3, 0.4) is 0 Å². The second-order valence-corrected chi connectivity index (χ2v) is 8.69. The molecule has 8 nitrogen and oxygen atoms in total. The van der Waals surface area contributed by atoms with Crippen molar-refractivity contribution in [1.29, 1.82) is 0 Å². The van der Waals surface area contributed by atoms with Crippen LogP contribution in [0, 0.1) is 0 Å². The van der Waals surface area contributed by atoms with Crippen molar-refractivity contribution in [2.24, 2.45) is 0 Å². The fourth-order valence-electron chi connectivity index (χ4n) is 4.80. The molecule has 0 atom stereocenters. The first kappa shape index (κ1) is 19.7. The Kier molecular flexibility index (Phi) is 4.71. The zero-order chi connectivity index (χ0) is 22.3. The summed E-state index contributed by atoms with van der Waals surface area (Å²) >= 11 is 0. The highest BCUT2D eigenvalue weighted by atomic mass is 16.6. The predicted molar refractivity (Wildman–Crippen MR) is 122 cm³/mol. The van der Waals surface area contributed by atoms with Gasteiger partial charge in [-0.15, -0.1) is 0 Å². The predicted octanol–water partition coefficient (Wildman–Crippen LogP) is 5.20. The minimum atomic E-state index is -0.443. The smallest absolute Gasteiger partial charge is 0.416 e. The van der Waals surface area contributed by atoms with Crippen molar-refractivity contribution in [3.05, 3.63) is 72.9 Å². The van der Waals surface area contributed by atoms with Gasteiger partial charge in [0.05, 0.1) is 23.8 Å². The molecule has 1 saturated carbocycles. The standard InChI is InChI=1S/C25H23N5O3/c31-24-30(22-5-1-2-13-27-22)16-25(33-24)10-8-17(9-11-25)23-28-20-7-6-18(14-21(20)29-23)32-19-4-3-12-26-15-19/h1-7,12-15,17H,8-11,16H2,(H,28,29). The highest BCUT2D eigenvalue weighted by molar-refractivity contribution is 5.89. The average molecular weight is 441 g/mol. The maximum atomic E-state index is 12.5. The third kappa shape index (κ3) is 3.77. The van der Waals surface area contributed by atoms with Gasteiger partial charge in [0.1, 0.15) is 28.7 Å². The molecule has 6 rings (SSSR count). The molecule has 1 N–H and O–H groups in total. The number of fused-ring (bicyclic) bond motifs is 1. The van der Waals surface area contributed by atoms with Gasteiger partial charge in [0.25, 0.3) is 0 Å². The van der Waals surface area contributed by atoms with Gasteiger partial charge >= 0.3 is 6.09 Å².